The first-order valence-corrected chi connectivity index (χ1v) is 9.88. The first-order chi connectivity index (χ1) is 15.1. The normalized spacial score (nSPS) is 12.9. The second-order valence-electron chi connectivity index (χ2n) is 7.33. The maximum Gasteiger partial charge on any atom is 0.407 e. The molecule has 0 heterocycles. The van der Waals surface area contributed by atoms with Crippen molar-refractivity contribution in [3.63, 3.8) is 0 Å². The van der Waals surface area contributed by atoms with Gasteiger partial charge in [0.15, 0.2) is 0 Å². The van der Waals surface area contributed by atoms with E-state index in [0.29, 0.717) is 11.1 Å². The number of nitriles is 1. The van der Waals surface area contributed by atoms with Crippen LogP contribution >= 0.6 is 0 Å². The van der Waals surface area contributed by atoms with Gasteiger partial charge in [0.05, 0.1) is 17.7 Å². The van der Waals surface area contributed by atoms with Gasteiger partial charge >= 0.3 is 6.09 Å². The van der Waals surface area contributed by atoms with Gasteiger partial charge in [0.2, 0.25) is 0 Å². The fourth-order valence-electron chi connectivity index (χ4n) is 3.99. The zero-order valence-electron chi connectivity index (χ0n) is 16.6. The molecule has 3 aromatic carbocycles. The first-order valence-electron chi connectivity index (χ1n) is 9.88. The highest BCUT2D eigenvalue weighted by Crippen LogP contribution is 2.44. The van der Waals surface area contributed by atoms with E-state index in [-0.39, 0.29) is 12.5 Å². The summed E-state index contributed by atoms with van der Waals surface area (Å²) in [6.45, 7) is 0.130. The number of carbonyl (C=O) groups excluding carboxylic acids is 2. The molecule has 6 heteroatoms. The van der Waals surface area contributed by atoms with Gasteiger partial charge in [-0.25, -0.2) is 4.79 Å². The van der Waals surface area contributed by atoms with Crippen LogP contribution in [0.3, 0.4) is 0 Å². The molecular weight excluding hydrogens is 392 g/mol. The number of alkyl carbamates (subject to hydrolysis) is 1. The van der Waals surface area contributed by atoms with Crippen LogP contribution < -0.4 is 10.4 Å². The van der Waals surface area contributed by atoms with E-state index in [2.05, 4.69) is 17.4 Å². The molecule has 31 heavy (non-hydrogen) atoms. The minimum atomic E-state index is -1.30. The molecule has 0 bridgehead atoms. The predicted octanol–water partition coefficient (Wildman–Crippen LogP) is 3.28. The van der Waals surface area contributed by atoms with Crippen molar-refractivity contribution >= 4 is 12.1 Å². The molecule has 4 rings (SSSR count). The number of carboxylic acid groups (broad SMARTS) is 1. The van der Waals surface area contributed by atoms with Gasteiger partial charge in [-0.15, -0.1) is 0 Å². The Morgan fingerprint density at radius 3 is 2.10 bits per heavy atom. The van der Waals surface area contributed by atoms with Crippen molar-refractivity contribution in [2.45, 2.75) is 18.4 Å². The zero-order chi connectivity index (χ0) is 21.8. The second-order valence-corrected chi connectivity index (χ2v) is 7.33. The molecule has 0 unspecified atom stereocenters. The molecular formula is C25H19N2O4-. The maximum atomic E-state index is 12.5. The largest absolute Gasteiger partial charge is 0.550 e. The van der Waals surface area contributed by atoms with Gasteiger partial charge < -0.3 is 20.0 Å². The third-order valence-corrected chi connectivity index (χ3v) is 5.45. The lowest BCUT2D eigenvalue weighted by Crippen LogP contribution is -2.35. The van der Waals surface area contributed by atoms with E-state index >= 15 is 0 Å². The van der Waals surface area contributed by atoms with Gasteiger partial charge in [0, 0.05) is 18.3 Å². The summed E-state index contributed by atoms with van der Waals surface area (Å²) in [5.74, 6) is -1.39. The lowest BCUT2D eigenvalue weighted by atomic mass is 9.98. The van der Waals surface area contributed by atoms with E-state index in [1.54, 1.807) is 24.3 Å². The van der Waals surface area contributed by atoms with Crippen molar-refractivity contribution in [2.75, 3.05) is 6.61 Å². The highest BCUT2D eigenvalue weighted by molar-refractivity contribution is 5.79. The Kier molecular flexibility index (Phi) is 5.67. The number of amides is 1. The van der Waals surface area contributed by atoms with Crippen LogP contribution in [0.15, 0.2) is 72.8 Å². The molecule has 0 saturated carbocycles. The molecule has 6 nitrogen and oxygen atoms in total. The molecule has 1 N–H and O–H groups in total. The van der Waals surface area contributed by atoms with Crippen molar-refractivity contribution in [3.05, 3.63) is 95.1 Å². The average Bonchev–Trinajstić information content (AvgIpc) is 3.11. The third kappa shape index (κ3) is 4.26. The van der Waals surface area contributed by atoms with Crippen LogP contribution in [0.2, 0.25) is 0 Å². The summed E-state index contributed by atoms with van der Waals surface area (Å²) in [6, 6.07) is 23.5. The van der Waals surface area contributed by atoms with Crippen LogP contribution in [0.1, 0.15) is 40.6 Å². The van der Waals surface area contributed by atoms with Gasteiger partial charge in [-0.3, -0.25) is 0 Å². The molecule has 3 aromatic rings. The number of carboxylic acids is 1. The lowest BCUT2D eigenvalue weighted by Gasteiger charge is -2.21. The molecule has 0 aliphatic heterocycles. The zero-order valence-corrected chi connectivity index (χ0v) is 16.6. The second kappa shape index (κ2) is 8.72. The quantitative estimate of drug-likeness (QED) is 0.671. The molecule has 0 aromatic heterocycles. The Morgan fingerprint density at radius 1 is 0.968 bits per heavy atom. The highest BCUT2D eigenvalue weighted by atomic mass is 16.5. The van der Waals surface area contributed by atoms with Gasteiger partial charge in [0.25, 0.3) is 0 Å². The predicted molar refractivity (Wildman–Crippen MR) is 112 cm³/mol. The number of nitrogens with zero attached hydrogens (tertiary/aromatic N) is 1. The lowest BCUT2D eigenvalue weighted by molar-refractivity contribution is -0.306. The topological polar surface area (TPSA) is 102 Å². The summed E-state index contributed by atoms with van der Waals surface area (Å²) < 4.78 is 5.50. The summed E-state index contributed by atoms with van der Waals surface area (Å²) in [4.78, 5) is 23.7. The van der Waals surface area contributed by atoms with E-state index in [1.165, 1.54) is 0 Å². The Balaban J connectivity index is 1.47. The number of benzene rings is 3. The first kappa shape index (κ1) is 20.2. The van der Waals surface area contributed by atoms with Crippen LogP contribution in [0.4, 0.5) is 4.79 Å². The average molecular weight is 411 g/mol. The van der Waals surface area contributed by atoms with E-state index < -0.39 is 24.5 Å². The number of aliphatic carboxylic acids is 1. The fourth-order valence-corrected chi connectivity index (χ4v) is 3.99. The van der Waals surface area contributed by atoms with Crippen LogP contribution in [-0.2, 0) is 9.53 Å². The minimum Gasteiger partial charge on any atom is -0.550 e. The summed E-state index contributed by atoms with van der Waals surface area (Å²) in [5, 5.41) is 22.7. The molecule has 0 radical (unpaired) electrons. The van der Waals surface area contributed by atoms with Crippen LogP contribution in [0.25, 0.3) is 11.1 Å². The number of ether oxygens (including phenoxy) is 1. The van der Waals surface area contributed by atoms with E-state index in [0.717, 1.165) is 22.3 Å². The Labute approximate surface area is 179 Å². The van der Waals surface area contributed by atoms with E-state index in [9.17, 15) is 14.7 Å². The number of carbonyl (C=O) groups is 2. The van der Waals surface area contributed by atoms with Crippen LogP contribution in [-0.4, -0.2) is 18.7 Å². The van der Waals surface area contributed by atoms with E-state index in [4.69, 9.17) is 10.00 Å². The smallest absolute Gasteiger partial charge is 0.407 e. The Morgan fingerprint density at radius 2 is 1.55 bits per heavy atom. The van der Waals surface area contributed by atoms with Crippen LogP contribution in [0, 0.1) is 11.3 Å². The maximum absolute atomic E-state index is 12.5. The number of hydrogen-bond donors (Lipinski definition) is 1. The molecule has 1 aliphatic rings. The van der Waals surface area contributed by atoms with Crippen molar-refractivity contribution in [2.24, 2.45) is 0 Å². The molecule has 1 aliphatic carbocycles. The Hall–Kier alpha value is -4.11. The van der Waals surface area contributed by atoms with Gasteiger partial charge in [-0.1, -0.05) is 60.7 Å². The monoisotopic (exact) mass is 411 g/mol. The molecule has 0 spiro atoms. The highest BCUT2D eigenvalue weighted by Gasteiger charge is 2.29. The van der Waals surface area contributed by atoms with Crippen molar-refractivity contribution in [1.29, 1.82) is 5.26 Å². The SMILES string of the molecule is N#Cc1ccc([C@@H](CC(=O)[O-])NC(=O)OCC2c3ccccc3-c3ccccc32)cc1. The number of rotatable bonds is 6. The summed E-state index contributed by atoms with van der Waals surface area (Å²) in [7, 11) is 0. The standard InChI is InChI=1S/C25H20N2O4/c26-14-16-9-11-17(12-10-16)23(13-24(28)29)27-25(30)31-15-22-20-7-3-1-5-18(20)19-6-2-4-8-21(19)22/h1-12,22-23H,13,15H2,(H,27,30)(H,28,29)/p-1/t23-/m1/s1. The number of nitrogens with one attached hydrogen (secondary N) is 1. The van der Waals surface area contributed by atoms with Gasteiger partial charge in [-0.05, 0) is 39.9 Å². The van der Waals surface area contributed by atoms with E-state index in [1.807, 2.05) is 42.5 Å². The molecule has 154 valence electrons. The van der Waals surface area contributed by atoms with Crippen molar-refractivity contribution in [1.82, 2.24) is 5.32 Å². The summed E-state index contributed by atoms with van der Waals surface area (Å²) in [6.07, 6.45) is -1.12. The van der Waals surface area contributed by atoms with Crippen molar-refractivity contribution in [3.8, 4) is 17.2 Å². The molecule has 1 amide bonds. The molecule has 0 fully saturated rings. The van der Waals surface area contributed by atoms with Gasteiger partial charge in [0.1, 0.15) is 6.61 Å². The summed E-state index contributed by atoms with van der Waals surface area (Å²) >= 11 is 0. The number of hydrogen-bond acceptors (Lipinski definition) is 5. The minimum absolute atomic E-state index is 0.0901. The van der Waals surface area contributed by atoms with Crippen LogP contribution in [0.5, 0.6) is 0 Å². The van der Waals surface area contributed by atoms with Crippen molar-refractivity contribution < 1.29 is 19.4 Å². The van der Waals surface area contributed by atoms with Gasteiger partial charge in [-0.2, -0.15) is 5.26 Å². The summed E-state index contributed by atoms with van der Waals surface area (Å²) in [5.41, 5.74) is 5.43. The number of fused-ring (bicyclic) bond motifs is 3. The fraction of sp³-hybridized carbons (Fsp3) is 0.160. The molecule has 1 atom stereocenters. The third-order valence-electron chi connectivity index (χ3n) is 5.45. The Bertz CT molecular complexity index is 1120. The molecule has 0 saturated heterocycles.